The molecule has 0 saturated carbocycles. The van der Waals surface area contributed by atoms with Crippen LogP contribution in [-0.2, 0) is 15.0 Å². The van der Waals surface area contributed by atoms with E-state index in [9.17, 15) is 9.59 Å². The van der Waals surface area contributed by atoms with Gasteiger partial charge in [-0.05, 0) is 55.8 Å². The normalized spacial score (nSPS) is 19.3. The monoisotopic (exact) mass is 504 g/mol. The molecule has 0 spiro atoms. The number of hydrogen-bond donors (Lipinski definition) is 1. The zero-order valence-electron chi connectivity index (χ0n) is 20.4. The lowest BCUT2D eigenvalue weighted by Gasteiger charge is -2.38. The predicted octanol–water partition coefficient (Wildman–Crippen LogP) is 4.50. The molecule has 0 bridgehead atoms. The van der Waals surface area contributed by atoms with Gasteiger partial charge in [0.25, 0.3) is 0 Å². The van der Waals surface area contributed by atoms with Gasteiger partial charge in [-0.3, -0.25) is 14.6 Å². The van der Waals surface area contributed by atoms with Gasteiger partial charge in [0.15, 0.2) is 0 Å². The molecule has 3 aromatic rings. The average molecular weight is 505 g/mol. The molecule has 8 heteroatoms. The third kappa shape index (κ3) is 4.39. The zero-order valence-corrected chi connectivity index (χ0v) is 21.2. The number of pyridine rings is 1. The Morgan fingerprint density at radius 1 is 1.06 bits per heavy atom. The second-order valence-electron chi connectivity index (χ2n) is 9.46. The minimum Gasteiger partial charge on any atom is -0.491 e. The number of amides is 2. The highest BCUT2D eigenvalue weighted by molar-refractivity contribution is 6.31. The number of hydrogen-bond acceptors (Lipinski definition) is 5. The number of halogens is 1. The van der Waals surface area contributed by atoms with Crippen molar-refractivity contribution in [1.82, 2.24) is 9.88 Å². The van der Waals surface area contributed by atoms with Gasteiger partial charge in [0.1, 0.15) is 11.2 Å². The molecule has 1 saturated heterocycles. The van der Waals surface area contributed by atoms with Crippen LogP contribution < -0.4 is 15.0 Å². The molecule has 1 aromatic heterocycles. The van der Waals surface area contributed by atoms with Crippen molar-refractivity contribution < 1.29 is 14.3 Å². The van der Waals surface area contributed by atoms with Crippen LogP contribution in [0.2, 0.25) is 5.02 Å². The molecule has 186 valence electrons. The van der Waals surface area contributed by atoms with Gasteiger partial charge in [-0.2, -0.15) is 0 Å². The number of benzene rings is 2. The van der Waals surface area contributed by atoms with Crippen LogP contribution in [0.25, 0.3) is 0 Å². The van der Waals surface area contributed by atoms with Gasteiger partial charge in [0.2, 0.25) is 11.8 Å². The summed E-state index contributed by atoms with van der Waals surface area (Å²) >= 11 is 6.39. The second-order valence-corrected chi connectivity index (χ2v) is 9.90. The predicted molar refractivity (Wildman–Crippen MR) is 141 cm³/mol. The summed E-state index contributed by atoms with van der Waals surface area (Å²) in [5.41, 5.74) is 1.88. The van der Waals surface area contributed by atoms with Crippen LogP contribution in [0, 0.1) is 0 Å². The number of para-hydroxylation sites is 1. The van der Waals surface area contributed by atoms with Crippen molar-refractivity contribution in [1.29, 1.82) is 0 Å². The number of carbonyl (C=O) groups excluding carboxylic acids is 2. The molecule has 5 rings (SSSR count). The van der Waals surface area contributed by atoms with Crippen molar-refractivity contribution in [2.75, 3.05) is 36.4 Å². The smallest absolute Gasteiger partial charge is 0.240 e. The number of fused-ring (bicyclic) bond motifs is 1. The summed E-state index contributed by atoms with van der Waals surface area (Å²) in [4.78, 5) is 35.7. The fraction of sp³-hybridized carbons (Fsp3) is 0.321. The summed E-state index contributed by atoms with van der Waals surface area (Å²) in [5.74, 6) is 0.265. The molecule has 7 nitrogen and oxygen atoms in total. The van der Waals surface area contributed by atoms with Crippen LogP contribution in [0.3, 0.4) is 0 Å². The minimum absolute atomic E-state index is 0.0140. The minimum atomic E-state index is -1.25. The SMILES string of the molecule is CC(C)Oc1ccccc1C1(CC(=O)N2CCN(c3ccncc3)CC2)C(=O)Nc2ccc(Cl)cc21. The number of anilines is 2. The van der Waals surface area contributed by atoms with Gasteiger partial charge >= 0.3 is 0 Å². The standard InChI is InChI=1S/C28H29ClN4O3/c1-19(2)36-25-6-4-3-5-22(25)28(23-17-20(29)7-8-24(23)31-27(28)35)18-26(34)33-15-13-32(14-16-33)21-9-11-30-12-10-21/h3-12,17,19H,13-16,18H2,1-2H3,(H,31,35). The molecule has 2 amide bonds. The third-order valence-corrected chi connectivity index (χ3v) is 7.10. The van der Waals surface area contributed by atoms with Crippen LogP contribution >= 0.6 is 11.6 Å². The quantitative estimate of drug-likeness (QED) is 0.535. The first-order valence-corrected chi connectivity index (χ1v) is 12.6. The number of piperazine rings is 1. The zero-order chi connectivity index (χ0) is 25.3. The summed E-state index contributed by atoms with van der Waals surface area (Å²) in [6.45, 7) is 6.46. The number of nitrogens with zero attached hydrogens (tertiary/aromatic N) is 3. The van der Waals surface area contributed by atoms with E-state index in [1.807, 2.05) is 55.1 Å². The molecule has 1 fully saturated rings. The van der Waals surface area contributed by atoms with E-state index in [2.05, 4.69) is 15.2 Å². The van der Waals surface area contributed by atoms with E-state index in [-0.39, 0.29) is 24.3 Å². The Labute approximate surface area is 216 Å². The van der Waals surface area contributed by atoms with E-state index in [1.54, 1.807) is 30.6 Å². The van der Waals surface area contributed by atoms with Crippen molar-refractivity contribution in [3.63, 3.8) is 0 Å². The number of carbonyl (C=O) groups is 2. The largest absolute Gasteiger partial charge is 0.491 e. The molecule has 1 unspecified atom stereocenters. The Kier molecular flexibility index (Phi) is 6.58. The fourth-order valence-electron chi connectivity index (χ4n) is 5.15. The van der Waals surface area contributed by atoms with Crippen molar-refractivity contribution in [3.05, 3.63) is 83.1 Å². The number of rotatable bonds is 6. The summed E-state index contributed by atoms with van der Waals surface area (Å²) < 4.78 is 6.12. The van der Waals surface area contributed by atoms with E-state index >= 15 is 0 Å². The van der Waals surface area contributed by atoms with Crippen molar-refractivity contribution in [2.45, 2.75) is 31.8 Å². The number of aromatic nitrogens is 1. The maximum atomic E-state index is 13.8. The Bertz CT molecular complexity index is 1270. The van der Waals surface area contributed by atoms with Gasteiger partial charge in [-0.25, -0.2) is 0 Å². The van der Waals surface area contributed by atoms with Crippen molar-refractivity contribution in [3.8, 4) is 5.75 Å². The molecule has 1 N–H and O–H groups in total. The van der Waals surface area contributed by atoms with Crippen LogP contribution in [-0.4, -0.2) is 54.0 Å². The Hall–Kier alpha value is -3.58. The molecule has 3 heterocycles. The first kappa shape index (κ1) is 24.1. The lowest BCUT2D eigenvalue weighted by Crippen LogP contribution is -2.51. The third-order valence-electron chi connectivity index (χ3n) is 6.86. The van der Waals surface area contributed by atoms with E-state index in [1.165, 1.54) is 0 Å². The van der Waals surface area contributed by atoms with Gasteiger partial charge in [0.05, 0.1) is 6.10 Å². The lowest BCUT2D eigenvalue weighted by molar-refractivity contribution is -0.135. The molecule has 2 aromatic carbocycles. The van der Waals surface area contributed by atoms with Gasteiger partial charge < -0.3 is 19.9 Å². The first-order valence-electron chi connectivity index (χ1n) is 12.2. The average Bonchev–Trinajstić information content (AvgIpc) is 3.15. The summed E-state index contributed by atoms with van der Waals surface area (Å²) in [7, 11) is 0. The lowest BCUT2D eigenvalue weighted by atomic mass is 9.72. The molecule has 2 aliphatic heterocycles. The molecule has 36 heavy (non-hydrogen) atoms. The van der Waals surface area contributed by atoms with Gasteiger partial charge in [-0.15, -0.1) is 0 Å². The van der Waals surface area contributed by atoms with Gasteiger partial charge in [0, 0.05) is 67.0 Å². The Balaban J connectivity index is 1.49. The van der Waals surface area contributed by atoms with Crippen LogP contribution in [0.1, 0.15) is 31.4 Å². The molecule has 0 aliphatic carbocycles. The second kappa shape index (κ2) is 9.82. The van der Waals surface area contributed by atoms with Crippen molar-refractivity contribution >= 4 is 34.8 Å². The summed E-state index contributed by atoms with van der Waals surface area (Å²) in [6, 6.07) is 16.7. The molecular formula is C28H29ClN4O3. The maximum absolute atomic E-state index is 13.8. The van der Waals surface area contributed by atoms with E-state index in [0.29, 0.717) is 53.8 Å². The topological polar surface area (TPSA) is 74.8 Å². The fourth-order valence-corrected chi connectivity index (χ4v) is 5.32. The molecule has 1 atom stereocenters. The first-order chi connectivity index (χ1) is 17.4. The number of ether oxygens (including phenoxy) is 1. The van der Waals surface area contributed by atoms with Crippen molar-refractivity contribution in [2.24, 2.45) is 0 Å². The molecule has 0 radical (unpaired) electrons. The van der Waals surface area contributed by atoms with E-state index < -0.39 is 5.41 Å². The van der Waals surface area contributed by atoms with Crippen LogP contribution in [0.5, 0.6) is 5.75 Å². The Morgan fingerprint density at radius 3 is 2.50 bits per heavy atom. The molecular weight excluding hydrogens is 476 g/mol. The maximum Gasteiger partial charge on any atom is 0.240 e. The van der Waals surface area contributed by atoms with E-state index in [0.717, 1.165) is 5.69 Å². The highest BCUT2D eigenvalue weighted by Crippen LogP contribution is 2.49. The Morgan fingerprint density at radius 2 is 1.78 bits per heavy atom. The molecule has 2 aliphatic rings. The highest BCUT2D eigenvalue weighted by atomic mass is 35.5. The number of nitrogens with one attached hydrogen (secondary N) is 1. The van der Waals surface area contributed by atoms with Crippen LogP contribution in [0.4, 0.5) is 11.4 Å². The van der Waals surface area contributed by atoms with Crippen LogP contribution in [0.15, 0.2) is 67.0 Å². The summed E-state index contributed by atoms with van der Waals surface area (Å²) in [6.07, 6.45) is 3.44. The van der Waals surface area contributed by atoms with E-state index in [4.69, 9.17) is 16.3 Å². The highest BCUT2D eigenvalue weighted by Gasteiger charge is 2.52. The van der Waals surface area contributed by atoms with Gasteiger partial charge in [-0.1, -0.05) is 29.8 Å². The summed E-state index contributed by atoms with van der Waals surface area (Å²) in [5, 5.41) is 3.50.